The Kier molecular flexibility index (Phi) is 3.95. The van der Waals surface area contributed by atoms with Crippen LogP contribution >= 0.6 is 0 Å². The van der Waals surface area contributed by atoms with Crippen molar-refractivity contribution >= 4 is 0 Å². The van der Waals surface area contributed by atoms with Crippen molar-refractivity contribution in [1.29, 1.82) is 0 Å². The number of rotatable bonds is 4. The van der Waals surface area contributed by atoms with Crippen LogP contribution < -0.4 is 5.32 Å². The minimum Gasteiger partial charge on any atom is -0.314 e. The van der Waals surface area contributed by atoms with Crippen LogP contribution in [0.3, 0.4) is 0 Å². The van der Waals surface area contributed by atoms with Gasteiger partial charge in [0.05, 0.1) is 0 Å². The van der Waals surface area contributed by atoms with E-state index in [1.54, 1.807) is 0 Å². The van der Waals surface area contributed by atoms with Gasteiger partial charge in [0.2, 0.25) is 0 Å². The van der Waals surface area contributed by atoms with Crippen LogP contribution in [-0.4, -0.2) is 12.6 Å². The molecule has 0 spiro atoms. The van der Waals surface area contributed by atoms with Crippen LogP contribution in [0.1, 0.15) is 41.0 Å². The molecule has 0 rings (SSSR count). The Hall–Kier alpha value is -0.0400. The Labute approximate surface area is 65.2 Å². The third kappa shape index (κ3) is 2.70. The lowest BCUT2D eigenvalue weighted by Gasteiger charge is -2.31. The molecule has 0 aromatic carbocycles. The van der Waals surface area contributed by atoms with Crippen LogP contribution in [0.4, 0.5) is 0 Å². The second kappa shape index (κ2) is 3.97. The summed E-state index contributed by atoms with van der Waals surface area (Å²) in [6.07, 6.45) is 1.24. The first-order valence-corrected chi connectivity index (χ1v) is 4.28. The SMILES string of the molecule is CCNC(C)C(C)(C)CC. The van der Waals surface area contributed by atoms with Gasteiger partial charge in [-0.05, 0) is 25.3 Å². The van der Waals surface area contributed by atoms with Crippen LogP contribution in [0.25, 0.3) is 0 Å². The van der Waals surface area contributed by atoms with Crippen LogP contribution in [0.2, 0.25) is 0 Å². The summed E-state index contributed by atoms with van der Waals surface area (Å²) in [6.45, 7) is 12.3. The van der Waals surface area contributed by atoms with Crippen LogP contribution in [0.5, 0.6) is 0 Å². The van der Waals surface area contributed by atoms with Crippen molar-refractivity contribution in [2.45, 2.75) is 47.1 Å². The van der Waals surface area contributed by atoms with Crippen LogP contribution in [-0.2, 0) is 0 Å². The summed E-state index contributed by atoms with van der Waals surface area (Å²) in [5.74, 6) is 0. The lowest BCUT2D eigenvalue weighted by molar-refractivity contribution is 0.250. The van der Waals surface area contributed by atoms with E-state index >= 15 is 0 Å². The van der Waals surface area contributed by atoms with E-state index in [9.17, 15) is 0 Å². The zero-order chi connectivity index (χ0) is 8.20. The van der Waals surface area contributed by atoms with Crippen molar-refractivity contribution in [3.8, 4) is 0 Å². The van der Waals surface area contributed by atoms with Crippen LogP contribution in [0, 0.1) is 5.41 Å². The molecule has 0 heterocycles. The van der Waals surface area contributed by atoms with Crippen molar-refractivity contribution in [2.75, 3.05) is 6.54 Å². The summed E-state index contributed by atoms with van der Waals surface area (Å²) in [7, 11) is 0. The molecule has 0 saturated carbocycles. The molecule has 0 aromatic rings. The zero-order valence-electron chi connectivity index (χ0n) is 7.99. The third-order valence-electron chi connectivity index (χ3n) is 2.59. The van der Waals surface area contributed by atoms with E-state index in [1.165, 1.54) is 6.42 Å². The molecule has 0 aliphatic carbocycles. The van der Waals surface area contributed by atoms with Gasteiger partial charge < -0.3 is 5.32 Å². The van der Waals surface area contributed by atoms with Crippen LogP contribution in [0.15, 0.2) is 0 Å². The fourth-order valence-electron chi connectivity index (χ4n) is 0.889. The Bertz CT molecular complexity index is 86.7. The van der Waals surface area contributed by atoms with Gasteiger partial charge in [-0.25, -0.2) is 0 Å². The molecule has 1 heteroatoms. The first-order valence-electron chi connectivity index (χ1n) is 4.28. The molecular formula is C9H21N. The van der Waals surface area contributed by atoms with Crippen molar-refractivity contribution in [3.05, 3.63) is 0 Å². The molecule has 1 unspecified atom stereocenters. The molecule has 0 aromatic heterocycles. The molecular weight excluding hydrogens is 122 g/mol. The maximum absolute atomic E-state index is 3.44. The lowest BCUT2D eigenvalue weighted by atomic mass is 9.83. The lowest BCUT2D eigenvalue weighted by Crippen LogP contribution is -2.38. The molecule has 0 amide bonds. The highest BCUT2D eigenvalue weighted by Gasteiger charge is 2.21. The molecule has 1 nitrogen and oxygen atoms in total. The molecule has 0 saturated heterocycles. The molecule has 1 atom stereocenters. The van der Waals surface area contributed by atoms with E-state index in [1.807, 2.05) is 0 Å². The van der Waals surface area contributed by atoms with E-state index in [2.05, 4.69) is 39.9 Å². The second-order valence-electron chi connectivity index (χ2n) is 3.62. The molecule has 10 heavy (non-hydrogen) atoms. The van der Waals surface area contributed by atoms with Crippen molar-refractivity contribution in [1.82, 2.24) is 5.32 Å². The highest BCUT2D eigenvalue weighted by molar-refractivity contribution is 4.78. The van der Waals surface area contributed by atoms with Gasteiger partial charge in [0.1, 0.15) is 0 Å². The first kappa shape index (κ1) is 9.96. The summed E-state index contributed by atoms with van der Waals surface area (Å²) >= 11 is 0. The molecule has 62 valence electrons. The van der Waals surface area contributed by atoms with Gasteiger partial charge >= 0.3 is 0 Å². The quantitative estimate of drug-likeness (QED) is 0.637. The zero-order valence-corrected chi connectivity index (χ0v) is 7.99. The highest BCUT2D eigenvalue weighted by Crippen LogP contribution is 2.23. The highest BCUT2D eigenvalue weighted by atomic mass is 14.9. The Balaban J connectivity index is 3.78. The van der Waals surface area contributed by atoms with E-state index in [-0.39, 0.29) is 0 Å². The summed E-state index contributed by atoms with van der Waals surface area (Å²) < 4.78 is 0. The Morgan fingerprint density at radius 2 is 1.80 bits per heavy atom. The van der Waals surface area contributed by atoms with Crippen molar-refractivity contribution in [2.24, 2.45) is 5.41 Å². The monoisotopic (exact) mass is 143 g/mol. The van der Waals surface area contributed by atoms with Gasteiger partial charge in [-0.1, -0.05) is 27.7 Å². The Morgan fingerprint density at radius 3 is 2.10 bits per heavy atom. The fraction of sp³-hybridized carbons (Fsp3) is 1.00. The van der Waals surface area contributed by atoms with Gasteiger partial charge in [-0.3, -0.25) is 0 Å². The standard InChI is InChI=1S/C9H21N/c1-6-9(4,5)8(3)10-7-2/h8,10H,6-7H2,1-5H3. The molecule has 0 radical (unpaired) electrons. The van der Waals surface area contributed by atoms with Gasteiger partial charge in [-0.15, -0.1) is 0 Å². The summed E-state index contributed by atoms with van der Waals surface area (Å²) in [6, 6.07) is 0.627. The molecule has 0 aliphatic rings. The van der Waals surface area contributed by atoms with Gasteiger partial charge in [0.25, 0.3) is 0 Å². The minimum absolute atomic E-state index is 0.440. The summed E-state index contributed by atoms with van der Waals surface area (Å²) in [5, 5.41) is 3.44. The molecule has 0 fully saturated rings. The largest absolute Gasteiger partial charge is 0.314 e. The van der Waals surface area contributed by atoms with E-state index < -0.39 is 0 Å². The average molecular weight is 143 g/mol. The van der Waals surface area contributed by atoms with Gasteiger partial charge in [0, 0.05) is 6.04 Å². The predicted molar refractivity (Wildman–Crippen MR) is 47.2 cm³/mol. The van der Waals surface area contributed by atoms with Gasteiger partial charge in [0.15, 0.2) is 0 Å². The number of hydrogen-bond acceptors (Lipinski definition) is 1. The van der Waals surface area contributed by atoms with E-state index in [4.69, 9.17) is 0 Å². The van der Waals surface area contributed by atoms with E-state index in [0.29, 0.717) is 11.5 Å². The maximum Gasteiger partial charge on any atom is 0.00896 e. The van der Waals surface area contributed by atoms with Gasteiger partial charge in [-0.2, -0.15) is 0 Å². The first-order chi connectivity index (χ1) is 4.54. The topological polar surface area (TPSA) is 12.0 Å². The number of hydrogen-bond donors (Lipinski definition) is 1. The van der Waals surface area contributed by atoms with Crippen molar-refractivity contribution in [3.63, 3.8) is 0 Å². The molecule has 1 N–H and O–H groups in total. The summed E-state index contributed by atoms with van der Waals surface area (Å²) in [4.78, 5) is 0. The van der Waals surface area contributed by atoms with E-state index in [0.717, 1.165) is 6.54 Å². The maximum atomic E-state index is 3.44. The molecule has 0 aliphatic heterocycles. The summed E-state index contributed by atoms with van der Waals surface area (Å²) in [5.41, 5.74) is 0.440. The second-order valence-corrected chi connectivity index (χ2v) is 3.62. The van der Waals surface area contributed by atoms with Crippen molar-refractivity contribution < 1.29 is 0 Å². The fourth-order valence-corrected chi connectivity index (χ4v) is 0.889. The molecule has 0 bridgehead atoms. The normalized spacial score (nSPS) is 15.3. The predicted octanol–water partition coefficient (Wildman–Crippen LogP) is 2.42. The Morgan fingerprint density at radius 1 is 1.30 bits per heavy atom. The third-order valence-corrected chi connectivity index (χ3v) is 2.59. The minimum atomic E-state index is 0.440. The number of nitrogens with one attached hydrogen (secondary N) is 1. The smallest absolute Gasteiger partial charge is 0.00896 e. The average Bonchev–Trinajstić information content (AvgIpc) is 1.89.